The summed E-state index contributed by atoms with van der Waals surface area (Å²) in [5.74, 6) is -0.254. The van der Waals surface area contributed by atoms with Crippen LogP contribution in [0.2, 0.25) is 0 Å². The molecule has 0 radical (unpaired) electrons. The number of allylic oxidation sites excluding steroid dienone is 2. The summed E-state index contributed by atoms with van der Waals surface area (Å²) in [6.45, 7) is 4.44. The van der Waals surface area contributed by atoms with E-state index >= 15 is 0 Å². The second-order valence-electron chi connectivity index (χ2n) is 8.42. The van der Waals surface area contributed by atoms with E-state index in [0.717, 1.165) is 6.21 Å². The standard InChI is InChI=1S/C26H26FN7O3/c1-15-20(21(29)9-18(13-28)16-5-8-31-23(11-16)34-25(36)37-4)12-19(14-32-15)33-24(35)17-6-7-30-22(10-17)26(2,3)27/h5-14,28-29H,1-4H3,(H,33,35)(H,31,34,36)/b18-9+,28-13?,29-21?. The lowest BCUT2D eigenvalue weighted by Gasteiger charge is -2.14. The van der Waals surface area contributed by atoms with Gasteiger partial charge in [-0.15, -0.1) is 0 Å². The van der Waals surface area contributed by atoms with Crippen molar-refractivity contribution in [3.63, 3.8) is 0 Å². The molecule has 0 saturated carbocycles. The van der Waals surface area contributed by atoms with Gasteiger partial charge in [-0.05, 0) is 62.7 Å². The van der Waals surface area contributed by atoms with Crippen LogP contribution in [0.4, 0.5) is 20.7 Å². The number of halogens is 1. The Bertz CT molecular complexity index is 1400. The number of hydrogen-bond donors (Lipinski definition) is 4. The van der Waals surface area contributed by atoms with Crippen LogP contribution in [0.15, 0.2) is 55.0 Å². The first-order valence-electron chi connectivity index (χ1n) is 11.1. The van der Waals surface area contributed by atoms with Crippen LogP contribution in [0.25, 0.3) is 5.57 Å². The lowest BCUT2D eigenvalue weighted by Crippen LogP contribution is -2.17. The summed E-state index contributed by atoms with van der Waals surface area (Å²) in [4.78, 5) is 36.5. The van der Waals surface area contributed by atoms with Crippen LogP contribution < -0.4 is 10.6 Å². The number of methoxy groups -OCH3 is 1. The summed E-state index contributed by atoms with van der Waals surface area (Å²) in [5.41, 5.74) is 0.941. The number of nitrogens with one attached hydrogen (secondary N) is 4. The zero-order valence-corrected chi connectivity index (χ0v) is 20.7. The fourth-order valence-corrected chi connectivity index (χ4v) is 3.25. The fraction of sp³-hybridized carbons (Fsp3) is 0.192. The topological polar surface area (TPSA) is 154 Å². The van der Waals surface area contributed by atoms with Gasteiger partial charge in [-0.2, -0.15) is 0 Å². The highest BCUT2D eigenvalue weighted by Crippen LogP contribution is 2.24. The van der Waals surface area contributed by atoms with Crippen LogP contribution in [0, 0.1) is 17.7 Å². The van der Waals surface area contributed by atoms with Crippen molar-refractivity contribution < 1.29 is 18.7 Å². The number of alkyl halides is 1. The number of carbonyl (C=O) groups excluding carboxylic acids is 2. The van der Waals surface area contributed by atoms with Crippen molar-refractivity contribution in [2.75, 3.05) is 17.7 Å². The van der Waals surface area contributed by atoms with Crippen LogP contribution in [0.1, 0.15) is 46.7 Å². The lowest BCUT2D eigenvalue weighted by molar-refractivity contribution is 0.102. The molecule has 3 aromatic heterocycles. The smallest absolute Gasteiger partial charge is 0.412 e. The van der Waals surface area contributed by atoms with E-state index in [0.29, 0.717) is 28.1 Å². The summed E-state index contributed by atoms with van der Waals surface area (Å²) >= 11 is 0. The Hall–Kier alpha value is -4.80. The zero-order valence-electron chi connectivity index (χ0n) is 20.7. The third-order valence-electron chi connectivity index (χ3n) is 5.23. The molecule has 37 heavy (non-hydrogen) atoms. The molecule has 0 saturated heterocycles. The molecule has 0 fully saturated rings. The highest BCUT2D eigenvalue weighted by Gasteiger charge is 2.22. The molecule has 11 heteroatoms. The van der Waals surface area contributed by atoms with Gasteiger partial charge in [0.25, 0.3) is 5.91 Å². The molecule has 0 bridgehead atoms. The van der Waals surface area contributed by atoms with E-state index in [2.05, 4.69) is 30.3 Å². The van der Waals surface area contributed by atoms with Crippen LogP contribution in [-0.2, 0) is 10.4 Å². The van der Waals surface area contributed by atoms with Gasteiger partial charge in [-0.1, -0.05) is 0 Å². The van der Waals surface area contributed by atoms with Crippen molar-refractivity contribution in [2.45, 2.75) is 26.4 Å². The molecule has 0 spiro atoms. The highest BCUT2D eigenvalue weighted by atomic mass is 19.1. The molecule has 0 aliphatic rings. The summed E-state index contributed by atoms with van der Waals surface area (Å²) < 4.78 is 18.8. The van der Waals surface area contributed by atoms with Crippen LogP contribution in [0.5, 0.6) is 0 Å². The van der Waals surface area contributed by atoms with Gasteiger partial charge in [0.15, 0.2) is 0 Å². The fourth-order valence-electron chi connectivity index (χ4n) is 3.25. The predicted octanol–water partition coefficient (Wildman–Crippen LogP) is 4.92. The minimum Gasteiger partial charge on any atom is -0.453 e. The van der Waals surface area contributed by atoms with Gasteiger partial charge in [0, 0.05) is 41.0 Å². The number of carbonyl (C=O) groups is 2. The number of aromatic nitrogens is 3. The Morgan fingerprint density at radius 3 is 2.43 bits per heavy atom. The number of ether oxygens (including phenoxy) is 1. The number of aryl methyl sites for hydroxylation is 1. The maximum atomic E-state index is 14.3. The van der Waals surface area contributed by atoms with Gasteiger partial charge in [0.05, 0.1) is 30.4 Å². The lowest BCUT2D eigenvalue weighted by atomic mass is 10.0. The van der Waals surface area contributed by atoms with Crippen LogP contribution in [0.3, 0.4) is 0 Å². The van der Waals surface area contributed by atoms with Gasteiger partial charge in [-0.3, -0.25) is 20.1 Å². The molecular formula is C26H26FN7O3. The molecule has 0 aromatic carbocycles. The Labute approximate surface area is 213 Å². The summed E-state index contributed by atoms with van der Waals surface area (Å²) in [5, 5.41) is 21.6. The molecular weight excluding hydrogens is 477 g/mol. The summed E-state index contributed by atoms with van der Waals surface area (Å²) in [7, 11) is 1.23. The minimum absolute atomic E-state index is 0.0456. The van der Waals surface area contributed by atoms with E-state index < -0.39 is 17.7 Å². The molecule has 3 rings (SSSR count). The predicted molar refractivity (Wildman–Crippen MR) is 139 cm³/mol. The Morgan fingerprint density at radius 2 is 1.76 bits per heavy atom. The first kappa shape index (κ1) is 26.8. The maximum absolute atomic E-state index is 14.3. The maximum Gasteiger partial charge on any atom is 0.412 e. The SMILES string of the molecule is COC(=O)Nc1cc(/C(C=N)=C/C(=N)c2cc(NC(=O)c3ccnc(C(C)(C)F)c3)cnc2C)ccn1. The first-order chi connectivity index (χ1) is 17.5. The quantitative estimate of drug-likeness (QED) is 0.320. The number of anilines is 2. The molecule has 190 valence electrons. The number of hydrogen-bond acceptors (Lipinski definition) is 8. The molecule has 0 aliphatic carbocycles. The van der Waals surface area contributed by atoms with Gasteiger partial charge >= 0.3 is 6.09 Å². The molecule has 3 heterocycles. The van der Waals surface area contributed by atoms with Crippen molar-refractivity contribution >= 4 is 41.0 Å². The van der Waals surface area contributed by atoms with Crippen molar-refractivity contribution in [1.29, 1.82) is 10.8 Å². The summed E-state index contributed by atoms with van der Waals surface area (Å²) in [6, 6.07) is 7.64. The number of rotatable bonds is 8. The molecule has 4 N–H and O–H groups in total. The van der Waals surface area contributed by atoms with Gasteiger partial charge in [0.2, 0.25) is 0 Å². The van der Waals surface area contributed by atoms with E-state index in [4.69, 9.17) is 10.8 Å². The second-order valence-corrected chi connectivity index (χ2v) is 8.42. The normalized spacial score (nSPS) is 11.4. The third kappa shape index (κ3) is 6.88. The minimum atomic E-state index is -1.70. The largest absolute Gasteiger partial charge is 0.453 e. The Balaban J connectivity index is 1.85. The van der Waals surface area contributed by atoms with Crippen molar-refractivity contribution in [1.82, 2.24) is 15.0 Å². The molecule has 10 nitrogen and oxygen atoms in total. The van der Waals surface area contributed by atoms with Crippen LogP contribution >= 0.6 is 0 Å². The number of amides is 2. The molecule has 0 unspecified atom stereocenters. The van der Waals surface area contributed by atoms with E-state index in [1.54, 1.807) is 25.1 Å². The molecule has 0 aliphatic heterocycles. The van der Waals surface area contributed by atoms with Crippen molar-refractivity contribution in [3.05, 3.63) is 83.1 Å². The van der Waals surface area contributed by atoms with Crippen molar-refractivity contribution in [3.8, 4) is 0 Å². The average molecular weight is 504 g/mol. The molecule has 0 atom stereocenters. The zero-order chi connectivity index (χ0) is 27.2. The van der Waals surface area contributed by atoms with E-state index in [-0.39, 0.29) is 22.8 Å². The van der Waals surface area contributed by atoms with Crippen molar-refractivity contribution in [2.24, 2.45) is 0 Å². The Morgan fingerprint density at radius 1 is 1.05 bits per heavy atom. The van der Waals surface area contributed by atoms with E-state index in [9.17, 15) is 14.0 Å². The van der Waals surface area contributed by atoms with Crippen LogP contribution in [-0.4, -0.2) is 46.0 Å². The van der Waals surface area contributed by atoms with E-state index in [1.807, 2.05) is 0 Å². The average Bonchev–Trinajstić information content (AvgIpc) is 2.87. The van der Waals surface area contributed by atoms with Gasteiger partial charge in [-0.25, -0.2) is 14.2 Å². The summed E-state index contributed by atoms with van der Waals surface area (Å²) in [6.07, 6.45) is 6.15. The Kier molecular flexibility index (Phi) is 8.18. The molecule has 3 aromatic rings. The monoisotopic (exact) mass is 503 g/mol. The third-order valence-corrected chi connectivity index (χ3v) is 5.23. The van der Waals surface area contributed by atoms with Gasteiger partial charge in [0.1, 0.15) is 11.5 Å². The first-order valence-corrected chi connectivity index (χ1v) is 11.1. The van der Waals surface area contributed by atoms with Gasteiger partial charge < -0.3 is 20.9 Å². The highest BCUT2D eigenvalue weighted by molar-refractivity contribution is 6.20. The number of nitrogens with zero attached hydrogens (tertiary/aromatic N) is 3. The second kappa shape index (κ2) is 11.3. The van der Waals surface area contributed by atoms with E-state index in [1.165, 1.54) is 57.8 Å². The number of pyridine rings is 3. The molecule has 2 amide bonds.